The summed E-state index contributed by atoms with van der Waals surface area (Å²) in [4.78, 5) is 9.73. The highest BCUT2D eigenvalue weighted by atomic mass is 15.2. The van der Waals surface area contributed by atoms with E-state index in [-0.39, 0.29) is 0 Å². The predicted molar refractivity (Wildman–Crippen MR) is 613 cm³/mol. The van der Waals surface area contributed by atoms with Crippen molar-refractivity contribution in [1.29, 1.82) is 0 Å². The summed E-state index contributed by atoms with van der Waals surface area (Å²) in [5.74, 6) is 2.31. The van der Waals surface area contributed by atoms with Crippen molar-refractivity contribution in [2.24, 2.45) is 0 Å². The molecule has 0 aliphatic heterocycles. The maximum Gasteiger partial charge on any atom is 0.188 e. The molecular formula is C136H83N11. The van der Waals surface area contributed by atoms with Gasteiger partial charge in [-0.25, -0.2) is 4.98 Å². The standard InChI is InChI=1S/C48H29N5.2C44H27N3/c1-2-8-30(9-3-1)31-14-17-33(18-15-31)45-46-47(50-25-24-49-46)48(52-51-45)53-43-23-21-37(28-41(43)42-27-34-11-4-5-12-35(34)29-44(42)53)36-20-22-40-38(26-36)19-16-32-10-6-7-13-39(32)40;1-2-13-30-25-33(24-23-28(30)11-1)35-20-10-22-40-42(35)39-26-31-14-3-4-15-32(31)27-41(39)47(40)44-38-19-8-7-18-37(38)43(45-46-44)36-21-9-16-29-12-5-6-17-34(29)36;1-2-10-28(11-3-1)33-22-23-41-39(25-33)40-24-31-13-4-5-14-32(31)27-42(40)47(41)44-37-17-9-8-16-36(37)43(45-46-44)34-21-20-30-19-18-29-12-6-7-15-35(29)38(30)26-34/h1-29H;2*1-27H. The quantitative estimate of drug-likeness (QED) is 0.124. The maximum atomic E-state index is 5.07. The van der Waals surface area contributed by atoms with Crippen molar-refractivity contribution in [3.05, 3.63) is 504 Å². The summed E-state index contributed by atoms with van der Waals surface area (Å²) in [6, 6.07) is 176. The lowest BCUT2D eigenvalue weighted by Crippen LogP contribution is -2.04. The summed E-state index contributed by atoms with van der Waals surface area (Å²) in [6.45, 7) is 0. The van der Waals surface area contributed by atoms with Crippen molar-refractivity contribution < 1.29 is 0 Å². The van der Waals surface area contributed by atoms with Crippen molar-refractivity contribution in [2.75, 3.05) is 0 Å². The highest BCUT2D eigenvalue weighted by molar-refractivity contribution is 6.22. The third kappa shape index (κ3) is 14.2. The smallest absolute Gasteiger partial charge is 0.188 e. The average molecular weight is 1870 g/mol. The van der Waals surface area contributed by atoms with Gasteiger partial charge in [-0.3, -0.25) is 18.7 Å². The molecule has 682 valence electrons. The number of benzene rings is 24. The first-order valence-electron chi connectivity index (χ1n) is 49.8. The van der Waals surface area contributed by atoms with Crippen LogP contribution in [0, 0.1) is 0 Å². The van der Waals surface area contributed by atoms with Crippen molar-refractivity contribution in [1.82, 2.24) is 54.3 Å². The Hall–Kier alpha value is -19.9. The Morgan fingerprint density at radius 2 is 0.476 bits per heavy atom. The van der Waals surface area contributed by atoms with E-state index in [1.165, 1.54) is 146 Å². The molecule has 11 heteroatoms. The van der Waals surface area contributed by atoms with Gasteiger partial charge in [0.25, 0.3) is 0 Å². The van der Waals surface area contributed by atoms with Gasteiger partial charge < -0.3 is 0 Å². The third-order valence-electron chi connectivity index (χ3n) is 29.8. The lowest BCUT2D eigenvalue weighted by molar-refractivity contribution is 0.965. The number of hydrogen-bond acceptors (Lipinski definition) is 8. The first-order valence-corrected chi connectivity index (χ1v) is 49.8. The fourth-order valence-electron chi connectivity index (χ4n) is 22.8. The number of fused-ring (bicyclic) bond motifs is 23. The van der Waals surface area contributed by atoms with E-state index in [1.54, 1.807) is 12.4 Å². The summed E-state index contributed by atoms with van der Waals surface area (Å²) < 4.78 is 6.84. The van der Waals surface area contributed by atoms with Gasteiger partial charge in [0.2, 0.25) is 0 Å². The largest absolute Gasteiger partial charge is 0.292 e. The SMILES string of the molecule is c1ccc(-c2ccc(-c3nnc(-n4c5ccc(-c6ccc7c(ccc8ccccc87)c6)cc5c5cc6ccccc6cc54)c4nccnc34)cc2)cc1.c1ccc(-c2ccc3c(c2)c2cc4ccccc4cc2n3-c2nnc(-c3ccc4ccc5ccccc5c4c3)c3ccccc23)cc1.c1ccc2cc(-c3cccc4c3c3cc5ccccc5cc3n4-c3nnc(-c4cccc5ccccc45)c4ccccc34)ccc2c1. The number of hydrogen-bond donors (Lipinski definition) is 0. The average Bonchev–Trinajstić information content (AvgIpc) is 1.57. The van der Waals surface area contributed by atoms with Crippen molar-refractivity contribution >= 4 is 195 Å². The summed E-state index contributed by atoms with van der Waals surface area (Å²) in [5.41, 5.74) is 23.0. The Morgan fingerprint density at radius 3 is 1.09 bits per heavy atom. The summed E-state index contributed by atoms with van der Waals surface area (Å²) >= 11 is 0. The second kappa shape index (κ2) is 34.5. The molecule has 0 N–H and O–H groups in total. The number of rotatable bonds is 10. The van der Waals surface area contributed by atoms with E-state index in [2.05, 4.69) is 499 Å². The Balaban J connectivity index is 0.000000104. The Kier molecular flexibility index (Phi) is 19.7. The Morgan fingerprint density at radius 1 is 0.136 bits per heavy atom. The van der Waals surface area contributed by atoms with E-state index in [9.17, 15) is 0 Å². The van der Waals surface area contributed by atoms with E-state index in [0.717, 1.165) is 122 Å². The van der Waals surface area contributed by atoms with Gasteiger partial charge in [0.15, 0.2) is 17.5 Å². The molecule has 11 nitrogen and oxygen atoms in total. The molecule has 0 atom stereocenters. The lowest BCUT2D eigenvalue weighted by Gasteiger charge is -2.14. The molecule has 31 rings (SSSR count). The van der Waals surface area contributed by atoms with Crippen LogP contribution in [-0.2, 0) is 0 Å². The van der Waals surface area contributed by atoms with Crippen LogP contribution >= 0.6 is 0 Å². The zero-order valence-corrected chi connectivity index (χ0v) is 79.3. The number of aromatic nitrogens is 11. The molecule has 147 heavy (non-hydrogen) atoms. The van der Waals surface area contributed by atoms with E-state index in [0.29, 0.717) is 22.5 Å². The molecule has 0 aliphatic rings. The van der Waals surface area contributed by atoms with Crippen molar-refractivity contribution in [3.63, 3.8) is 0 Å². The molecule has 0 fully saturated rings. The van der Waals surface area contributed by atoms with Crippen LogP contribution in [0.4, 0.5) is 0 Å². The highest BCUT2D eigenvalue weighted by Crippen LogP contribution is 2.48. The second-order valence-electron chi connectivity index (χ2n) is 38.1. The van der Waals surface area contributed by atoms with Gasteiger partial charge in [-0.1, -0.05) is 406 Å². The maximum absolute atomic E-state index is 5.07. The fraction of sp³-hybridized carbons (Fsp3) is 0. The van der Waals surface area contributed by atoms with Gasteiger partial charge in [0.05, 0.1) is 33.1 Å². The minimum atomic E-state index is 0.651. The Bertz CT molecular complexity index is 10900. The minimum Gasteiger partial charge on any atom is -0.292 e. The van der Waals surface area contributed by atoms with E-state index in [4.69, 9.17) is 40.6 Å². The fourth-order valence-corrected chi connectivity index (χ4v) is 22.8. The molecule has 0 amide bonds. The summed E-state index contributed by atoms with van der Waals surface area (Å²) in [5, 5.41) is 63.2. The first kappa shape index (κ1) is 84.0. The van der Waals surface area contributed by atoms with Crippen molar-refractivity contribution in [2.45, 2.75) is 0 Å². The van der Waals surface area contributed by atoms with Crippen LogP contribution in [0.2, 0.25) is 0 Å². The molecule has 0 saturated heterocycles. The van der Waals surface area contributed by atoms with Crippen LogP contribution in [0.25, 0.3) is 291 Å². The van der Waals surface area contributed by atoms with Crippen LogP contribution in [0.1, 0.15) is 0 Å². The highest BCUT2D eigenvalue weighted by Gasteiger charge is 2.27. The molecular weight excluding hydrogens is 1790 g/mol. The zero-order valence-electron chi connectivity index (χ0n) is 79.3. The lowest BCUT2D eigenvalue weighted by atomic mass is 9.96. The molecule has 7 heterocycles. The van der Waals surface area contributed by atoms with Crippen LogP contribution < -0.4 is 0 Å². The zero-order chi connectivity index (χ0) is 96.7. The van der Waals surface area contributed by atoms with Crippen LogP contribution in [0.15, 0.2) is 504 Å². The van der Waals surface area contributed by atoms with Crippen molar-refractivity contribution in [3.8, 4) is 95.7 Å². The molecule has 31 aromatic rings. The van der Waals surface area contributed by atoms with Gasteiger partial charge in [-0.05, 0) is 226 Å². The van der Waals surface area contributed by atoms with Crippen LogP contribution in [0.5, 0.6) is 0 Å². The molecule has 0 spiro atoms. The van der Waals surface area contributed by atoms with Crippen LogP contribution in [0.3, 0.4) is 0 Å². The van der Waals surface area contributed by atoms with Gasteiger partial charge in [-0.2, -0.15) is 0 Å². The Labute approximate surface area is 842 Å². The molecule has 0 unspecified atom stereocenters. The van der Waals surface area contributed by atoms with Gasteiger partial charge in [0.1, 0.15) is 28.1 Å². The molecule has 0 bridgehead atoms. The minimum absolute atomic E-state index is 0.651. The molecule has 24 aromatic carbocycles. The summed E-state index contributed by atoms with van der Waals surface area (Å²) in [6.07, 6.45) is 3.47. The molecule has 0 aliphatic carbocycles. The first-order chi connectivity index (χ1) is 72.9. The van der Waals surface area contributed by atoms with Gasteiger partial charge in [0, 0.05) is 82.9 Å². The second-order valence-corrected chi connectivity index (χ2v) is 38.1. The van der Waals surface area contributed by atoms with E-state index < -0.39 is 0 Å². The number of nitrogens with zero attached hydrogens (tertiary/aromatic N) is 11. The van der Waals surface area contributed by atoms with Gasteiger partial charge in [-0.15, -0.1) is 30.6 Å². The normalized spacial score (nSPS) is 11.8. The monoisotopic (exact) mass is 1870 g/mol. The third-order valence-corrected chi connectivity index (χ3v) is 29.8. The molecule has 7 aromatic heterocycles. The van der Waals surface area contributed by atoms with Gasteiger partial charge >= 0.3 is 0 Å². The predicted octanol–water partition coefficient (Wildman–Crippen LogP) is 35.0. The van der Waals surface area contributed by atoms with E-state index >= 15 is 0 Å². The molecule has 0 radical (unpaired) electrons. The topological polar surface area (TPSA) is 118 Å². The van der Waals surface area contributed by atoms with E-state index in [1.807, 2.05) is 6.07 Å². The summed E-state index contributed by atoms with van der Waals surface area (Å²) in [7, 11) is 0. The molecule has 0 saturated carbocycles. The van der Waals surface area contributed by atoms with Crippen LogP contribution in [-0.4, -0.2) is 54.3 Å².